The number of fused-ring (bicyclic) bond motifs is 1. The molecule has 0 radical (unpaired) electrons. The Kier molecular flexibility index (Phi) is 8.74. The van der Waals surface area contributed by atoms with E-state index in [0.29, 0.717) is 42.7 Å². The fourth-order valence-corrected chi connectivity index (χ4v) is 4.42. The molecule has 2 aromatic rings. The van der Waals surface area contributed by atoms with Crippen LogP contribution in [0.15, 0.2) is 23.1 Å². The number of hydrogen-bond donors (Lipinski definition) is 0. The lowest BCUT2D eigenvalue weighted by Crippen LogP contribution is -2.44. The number of carbonyl (C=O) groups excluding carboxylic acids is 1. The molecule has 1 aromatic heterocycles. The number of aryl methyl sites for hydroxylation is 1. The molecule has 0 atom stereocenters. The van der Waals surface area contributed by atoms with Gasteiger partial charge in [0.2, 0.25) is 5.43 Å². The minimum absolute atomic E-state index is 0.133. The van der Waals surface area contributed by atoms with Crippen molar-refractivity contribution in [1.29, 1.82) is 0 Å². The van der Waals surface area contributed by atoms with Crippen LogP contribution in [-0.2, 0) is 6.54 Å². The van der Waals surface area contributed by atoms with Crippen molar-refractivity contribution >= 4 is 22.5 Å². The number of aromatic nitrogens is 1. The van der Waals surface area contributed by atoms with Crippen LogP contribution in [0, 0.1) is 17.7 Å². The number of likely N-dealkylation sites (N-methyl/N-ethyl adjacent to an activating group) is 1. The van der Waals surface area contributed by atoms with Gasteiger partial charge in [-0.05, 0) is 50.8 Å². The number of amides is 1. The largest absolute Gasteiger partial charge is 0.367 e. The summed E-state index contributed by atoms with van der Waals surface area (Å²) in [4.78, 5) is 33.1. The Morgan fingerprint density at radius 1 is 1.03 bits per heavy atom. The van der Waals surface area contributed by atoms with Crippen molar-refractivity contribution < 1.29 is 9.18 Å². The SMILES string of the molecule is CCn1cc(C(=O)N(CCC(C)C)CCC(C)C)c(=O)c2cc(F)c(N3CCN(C)CC3)cc21. The van der Waals surface area contributed by atoms with Gasteiger partial charge in [0.15, 0.2) is 0 Å². The molecule has 1 aliphatic rings. The minimum Gasteiger partial charge on any atom is -0.367 e. The maximum absolute atomic E-state index is 15.2. The fourth-order valence-electron chi connectivity index (χ4n) is 4.42. The highest BCUT2D eigenvalue weighted by molar-refractivity contribution is 5.98. The first-order valence-electron chi connectivity index (χ1n) is 12.7. The van der Waals surface area contributed by atoms with E-state index in [4.69, 9.17) is 0 Å². The summed E-state index contributed by atoms with van der Waals surface area (Å²) >= 11 is 0. The fraction of sp³-hybridized carbons (Fsp3) is 0.630. The summed E-state index contributed by atoms with van der Waals surface area (Å²) in [6, 6.07) is 3.12. The molecule has 188 valence electrons. The average Bonchev–Trinajstić information content (AvgIpc) is 2.79. The molecule has 1 aliphatic heterocycles. The van der Waals surface area contributed by atoms with Crippen LogP contribution < -0.4 is 10.3 Å². The molecule has 6 nitrogen and oxygen atoms in total. The second-order valence-corrected chi connectivity index (χ2v) is 10.4. The van der Waals surface area contributed by atoms with Gasteiger partial charge in [-0.3, -0.25) is 9.59 Å². The topological polar surface area (TPSA) is 48.8 Å². The maximum Gasteiger partial charge on any atom is 0.259 e. The van der Waals surface area contributed by atoms with Gasteiger partial charge in [-0.15, -0.1) is 0 Å². The third-order valence-electron chi connectivity index (χ3n) is 6.80. The molecule has 1 saturated heterocycles. The van der Waals surface area contributed by atoms with Crippen LogP contribution in [0.3, 0.4) is 0 Å². The molecule has 1 aromatic carbocycles. The molecule has 0 N–H and O–H groups in total. The van der Waals surface area contributed by atoms with Gasteiger partial charge in [0.05, 0.1) is 11.2 Å². The van der Waals surface area contributed by atoms with E-state index >= 15 is 4.39 Å². The van der Waals surface area contributed by atoms with Gasteiger partial charge in [0.1, 0.15) is 11.4 Å². The quantitative estimate of drug-likeness (QED) is 0.541. The van der Waals surface area contributed by atoms with Crippen molar-refractivity contribution in [3.05, 3.63) is 39.9 Å². The van der Waals surface area contributed by atoms with Crippen LogP contribution in [0.1, 0.15) is 57.8 Å². The van der Waals surface area contributed by atoms with E-state index in [1.165, 1.54) is 6.07 Å². The highest BCUT2D eigenvalue weighted by atomic mass is 19.1. The Balaban J connectivity index is 2.02. The molecular formula is C27H41FN4O2. The Hall–Kier alpha value is -2.41. The number of halogens is 1. The molecule has 7 heteroatoms. The Morgan fingerprint density at radius 2 is 1.62 bits per heavy atom. The molecule has 0 unspecified atom stereocenters. The van der Waals surface area contributed by atoms with Crippen molar-refractivity contribution in [2.45, 2.75) is 54.0 Å². The van der Waals surface area contributed by atoms with Gasteiger partial charge < -0.3 is 19.3 Å². The number of pyridine rings is 1. The highest BCUT2D eigenvalue weighted by Crippen LogP contribution is 2.26. The number of rotatable bonds is 9. The molecule has 1 fully saturated rings. The molecular weight excluding hydrogens is 431 g/mol. The van der Waals surface area contributed by atoms with E-state index in [2.05, 4.69) is 39.6 Å². The van der Waals surface area contributed by atoms with Crippen molar-refractivity contribution in [3.63, 3.8) is 0 Å². The van der Waals surface area contributed by atoms with Crippen LogP contribution >= 0.6 is 0 Å². The first kappa shape index (κ1) is 26.2. The monoisotopic (exact) mass is 472 g/mol. The third-order valence-corrected chi connectivity index (χ3v) is 6.80. The summed E-state index contributed by atoms with van der Waals surface area (Å²) < 4.78 is 17.1. The molecule has 0 aliphatic carbocycles. The molecule has 2 heterocycles. The number of nitrogens with zero attached hydrogens (tertiary/aromatic N) is 4. The van der Waals surface area contributed by atoms with Crippen molar-refractivity contribution in [2.24, 2.45) is 11.8 Å². The van der Waals surface area contributed by atoms with E-state index in [1.807, 2.05) is 16.4 Å². The average molecular weight is 473 g/mol. The number of piperazine rings is 1. The predicted octanol–water partition coefficient (Wildman–Crippen LogP) is 4.45. The van der Waals surface area contributed by atoms with Crippen molar-refractivity contribution in [1.82, 2.24) is 14.4 Å². The summed E-state index contributed by atoms with van der Waals surface area (Å²) in [6.45, 7) is 15.5. The predicted molar refractivity (Wildman–Crippen MR) is 138 cm³/mol. The second kappa shape index (κ2) is 11.3. The number of benzene rings is 1. The van der Waals surface area contributed by atoms with Gasteiger partial charge in [0.25, 0.3) is 5.91 Å². The normalized spacial score (nSPS) is 15.0. The van der Waals surface area contributed by atoms with Crippen LogP contribution in [0.2, 0.25) is 0 Å². The lowest BCUT2D eigenvalue weighted by Gasteiger charge is -2.34. The second-order valence-electron chi connectivity index (χ2n) is 10.4. The van der Waals surface area contributed by atoms with Crippen LogP contribution in [-0.4, -0.2) is 66.6 Å². The van der Waals surface area contributed by atoms with Gasteiger partial charge >= 0.3 is 0 Å². The first-order valence-corrected chi connectivity index (χ1v) is 12.7. The summed E-state index contributed by atoms with van der Waals surface area (Å²) in [6.07, 6.45) is 3.43. The number of carbonyl (C=O) groups is 1. The van der Waals surface area contributed by atoms with Crippen LogP contribution in [0.5, 0.6) is 0 Å². The number of anilines is 1. The molecule has 0 bridgehead atoms. The van der Waals surface area contributed by atoms with Crippen molar-refractivity contribution in [2.75, 3.05) is 51.2 Å². The summed E-state index contributed by atoms with van der Waals surface area (Å²) in [5, 5.41) is 0.274. The first-order chi connectivity index (χ1) is 16.1. The minimum atomic E-state index is -0.405. The van der Waals surface area contributed by atoms with E-state index in [9.17, 15) is 9.59 Å². The Bertz CT molecular complexity index is 1040. The highest BCUT2D eigenvalue weighted by Gasteiger charge is 2.24. The zero-order valence-corrected chi connectivity index (χ0v) is 21.7. The van der Waals surface area contributed by atoms with E-state index in [-0.39, 0.29) is 22.3 Å². The van der Waals surface area contributed by atoms with Crippen LogP contribution in [0.25, 0.3) is 10.9 Å². The molecule has 34 heavy (non-hydrogen) atoms. The Morgan fingerprint density at radius 3 is 2.15 bits per heavy atom. The molecule has 3 rings (SSSR count). The van der Waals surface area contributed by atoms with E-state index in [1.54, 1.807) is 17.2 Å². The summed E-state index contributed by atoms with van der Waals surface area (Å²) in [5.74, 6) is 0.262. The van der Waals surface area contributed by atoms with Gasteiger partial charge in [0, 0.05) is 57.4 Å². The molecule has 0 saturated carbocycles. The lowest BCUT2D eigenvalue weighted by molar-refractivity contribution is 0.0739. The van der Waals surface area contributed by atoms with Crippen LogP contribution in [0.4, 0.5) is 10.1 Å². The number of hydrogen-bond acceptors (Lipinski definition) is 4. The maximum atomic E-state index is 15.2. The zero-order valence-electron chi connectivity index (χ0n) is 21.7. The van der Waals surface area contributed by atoms with Crippen molar-refractivity contribution in [3.8, 4) is 0 Å². The van der Waals surface area contributed by atoms with E-state index < -0.39 is 5.82 Å². The third kappa shape index (κ3) is 5.98. The lowest BCUT2D eigenvalue weighted by atomic mass is 10.1. The molecule has 0 spiro atoms. The van der Waals surface area contributed by atoms with E-state index in [0.717, 1.165) is 39.0 Å². The zero-order chi connectivity index (χ0) is 25.0. The molecule has 1 amide bonds. The summed E-state index contributed by atoms with van der Waals surface area (Å²) in [7, 11) is 2.06. The Labute approximate surface area is 203 Å². The van der Waals surface area contributed by atoms with Gasteiger partial charge in [-0.25, -0.2) is 4.39 Å². The van der Waals surface area contributed by atoms with Gasteiger partial charge in [-0.1, -0.05) is 27.7 Å². The van der Waals surface area contributed by atoms with Gasteiger partial charge in [-0.2, -0.15) is 0 Å². The smallest absolute Gasteiger partial charge is 0.259 e. The summed E-state index contributed by atoms with van der Waals surface area (Å²) in [5.41, 5.74) is 0.952. The standard InChI is InChI=1S/C27H41FN4O2/c1-7-30-18-22(27(34)32(10-8-19(2)3)11-9-20(4)5)26(33)21-16-23(28)25(17-24(21)30)31-14-12-29(6)13-15-31/h16-20H,7-15H2,1-6H3.